The normalized spacial score (nSPS) is 18.8. The number of halogens is 1. The van der Waals surface area contributed by atoms with Crippen LogP contribution in [0.1, 0.15) is 30.9 Å². The number of amides is 1. The van der Waals surface area contributed by atoms with Crippen LogP contribution in [-0.2, 0) is 37.4 Å². The number of carbonyl (C=O) groups excluding carboxylic acids is 2. The lowest BCUT2D eigenvalue weighted by atomic mass is 10.2. The predicted molar refractivity (Wildman–Crippen MR) is 119 cm³/mol. The van der Waals surface area contributed by atoms with Gasteiger partial charge in [-0.25, -0.2) is 8.42 Å². The van der Waals surface area contributed by atoms with Crippen LogP contribution in [0.3, 0.4) is 0 Å². The summed E-state index contributed by atoms with van der Waals surface area (Å²) >= 11 is 3.38. The first kappa shape index (κ1) is 22.0. The van der Waals surface area contributed by atoms with Gasteiger partial charge in [0, 0.05) is 30.2 Å². The van der Waals surface area contributed by atoms with Crippen LogP contribution in [-0.4, -0.2) is 43.7 Å². The minimum absolute atomic E-state index is 0.0576. The van der Waals surface area contributed by atoms with Gasteiger partial charge < -0.3 is 9.64 Å². The third-order valence-corrected chi connectivity index (χ3v) is 8.56. The fourth-order valence-corrected chi connectivity index (χ4v) is 6.85. The summed E-state index contributed by atoms with van der Waals surface area (Å²) in [6.45, 7) is 2.33. The van der Waals surface area contributed by atoms with E-state index >= 15 is 0 Å². The Balaban J connectivity index is 1.58. The molecule has 0 aliphatic carbocycles. The van der Waals surface area contributed by atoms with E-state index in [1.165, 1.54) is 17.3 Å². The lowest BCUT2D eigenvalue weighted by Gasteiger charge is -2.24. The molecule has 2 aliphatic heterocycles. The van der Waals surface area contributed by atoms with Crippen LogP contribution in [0.15, 0.2) is 51.8 Å². The van der Waals surface area contributed by atoms with Crippen molar-refractivity contribution in [2.24, 2.45) is 0 Å². The molecule has 2 heterocycles. The molecule has 0 saturated carbocycles. The molecule has 2 aromatic rings. The van der Waals surface area contributed by atoms with Crippen molar-refractivity contribution in [3.63, 3.8) is 0 Å². The van der Waals surface area contributed by atoms with Gasteiger partial charge in [0.05, 0.1) is 4.90 Å². The third kappa shape index (κ3) is 4.26. The van der Waals surface area contributed by atoms with E-state index in [2.05, 4.69) is 15.9 Å². The molecule has 164 valence electrons. The van der Waals surface area contributed by atoms with Crippen molar-refractivity contribution in [3.05, 3.63) is 58.1 Å². The number of fused-ring (bicyclic) bond motifs is 1. The monoisotopic (exact) mass is 506 g/mol. The number of sulfonamides is 1. The molecule has 1 saturated heterocycles. The van der Waals surface area contributed by atoms with Gasteiger partial charge in [-0.2, -0.15) is 4.31 Å². The number of rotatable bonds is 5. The first-order valence-corrected chi connectivity index (χ1v) is 12.4. The summed E-state index contributed by atoms with van der Waals surface area (Å²) in [7, 11) is -3.97. The van der Waals surface area contributed by atoms with Crippen molar-refractivity contribution in [1.29, 1.82) is 0 Å². The molecule has 1 amide bonds. The summed E-state index contributed by atoms with van der Waals surface area (Å²) in [5.74, 6) is -0.680. The van der Waals surface area contributed by atoms with Crippen molar-refractivity contribution in [2.75, 3.05) is 18.0 Å². The molecule has 0 bridgehead atoms. The summed E-state index contributed by atoms with van der Waals surface area (Å²) in [6.07, 6.45) is 1.66. The van der Waals surface area contributed by atoms with Crippen LogP contribution in [0.4, 0.5) is 5.69 Å². The SMILES string of the molecule is CC(=O)N1CCc2cc(Br)c(S(=O)(=O)N3CCC[C@H]3C(=O)OCc3ccccc3)cc21. The Kier molecular flexibility index (Phi) is 6.18. The maximum atomic E-state index is 13.5. The van der Waals surface area contributed by atoms with Crippen LogP contribution < -0.4 is 4.90 Å². The maximum Gasteiger partial charge on any atom is 0.324 e. The molecule has 0 unspecified atom stereocenters. The van der Waals surface area contributed by atoms with Gasteiger partial charge in [0.2, 0.25) is 15.9 Å². The number of nitrogens with zero attached hydrogens (tertiary/aromatic N) is 2. The molecule has 0 spiro atoms. The van der Waals surface area contributed by atoms with Gasteiger partial charge in [-0.05, 0) is 58.5 Å². The fourth-order valence-electron chi connectivity index (χ4n) is 4.13. The molecule has 0 N–H and O–H groups in total. The van der Waals surface area contributed by atoms with E-state index in [1.807, 2.05) is 30.3 Å². The molecular weight excluding hydrogens is 484 g/mol. The fraction of sp³-hybridized carbons (Fsp3) is 0.364. The number of ether oxygens (including phenoxy) is 1. The predicted octanol–water partition coefficient (Wildman–Crippen LogP) is 3.25. The maximum absolute atomic E-state index is 13.5. The van der Waals surface area contributed by atoms with Crippen LogP contribution in [0.25, 0.3) is 0 Å². The first-order chi connectivity index (χ1) is 14.8. The van der Waals surface area contributed by atoms with Crippen LogP contribution in [0.2, 0.25) is 0 Å². The zero-order valence-corrected chi connectivity index (χ0v) is 19.5. The van der Waals surface area contributed by atoms with Crippen molar-refractivity contribution >= 4 is 43.5 Å². The Morgan fingerprint density at radius 3 is 2.61 bits per heavy atom. The van der Waals surface area contributed by atoms with Gasteiger partial charge in [0.1, 0.15) is 12.6 Å². The molecule has 1 fully saturated rings. The molecule has 4 rings (SSSR count). The molecule has 2 aromatic carbocycles. The third-order valence-electron chi connectivity index (χ3n) is 5.70. The molecule has 0 aromatic heterocycles. The molecule has 0 radical (unpaired) electrons. The number of hydrogen-bond donors (Lipinski definition) is 0. The topological polar surface area (TPSA) is 84.0 Å². The Labute approximate surface area is 190 Å². The Hall–Kier alpha value is -2.23. The van der Waals surface area contributed by atoms with Crippen molar-refractivity contribution < 1.29 is 22.7 Å². The van der Waals surface area contributed by atoms with Crippen LogP contribution in [0, 0.1) is 0 Å². The van der Waals surface area contributed by atoms with Gasteiger partial charge in [-0.1, -0.05) is 30.3 Å². The van der Waals surface area contributed by atoms with E-state index in [9.17, 15) is 18.0 Å². The van der Waals surface area contributed by atoms with E-state index in [0.717, 1.165) is 11.1 Å². The highest BCUT2D eigenvalue weighted by Crippen LogP contribution is 2.38. The Morgan fingerprint density at radius 1 is 1.16 bits per heavy atom. The molecule has 9 heteroatoms. The first-order valence-electron chi connectivity index (χ1n) is 10.1. The van der Waals surface area contributed by atoms with E-state index < -0.39 is 22.0 Å². The lowest BCUT2D eigenvalue weighted by molar-refractivity contribution is -0.148. The van der Waals surface area contributed by atoms with Gasteiger partial charge in [-0.15, -0.1) is 0 Å². The second kappa shape index (κ2) is 8.72. The summed E-state index contributed by atoms with van der Waals surface area (Å²) in [5.41, 5.74) is 2.37. The molecule has 7 nitrogen and oxygen atoms in total. The number of hydrogen-bond acceptors (Lipinski definition) is 5. The number of esters is 1. The molecule has 1 atom stereocenters. The zero-order valence-electron chi connectivity index (χ0n) is 17.1. The zero-order chi connectivity index (χ0) is 22.2. The van der Waals surface area contributed by atoms with Crippen LogP contribution >= 0.6 is 15.9 Å². The van der Waals surface area contributed by atoms with Crippen LogP contribution in [0.5, 0.6) is 0 Å². The van der Waals surface area contributed by atoms with Crippen molar-refractivity contribution in [2.45, 2.75) is 43.7 Å². The summed E-state index contributed by atoms with van der Waals surface area (Å²) in [4.78, 5) is 26.3. The van der Waals surface area contributed by atoms with E-state index in [-0.39, 0.29) is 24.0 Å². The van der Waals surface area contributed by atoms with Gasteiger partial charge in [-0.3, -0.25) is 9.59 Å². The highest BCUT2D eigenvalue weighted by atomic mass is 79.9. The average Bonchev–Trinajstić information content (AvgIpc) is 3.39. The molecular formula is C22H23BrN2O5S. The van der Waals surface area contributed by atoms with Gasteiger partial charge in [0.25, 0.3) is 0 Å². The van der Waals surface area contributed by atoms with Gasteiger partial charge in [0.15, 0.2) is 0 Å². The standard InChI is InChI=1S/C22H23BrN2O5S/c1-15(26)24-11-9-17-12-18(23)21(13-20(17)24)31(28,29)25-10-5-8-19(25)22(27)30-14-16-6-3-2-4-7-16/h2-4,6-7,12-13,19H,5,8-11,14H2,1H3/t19-/m0/s1. The summed E-state index contributed by atoms with van der Waals surface area (Å²) in [5, 5.41) is 0. The minimum Gasteiger partial charge on any atom is -0.460 e. The van der Waals surface area contributed by atoms with Gasteiger partial charge >= 0.3 is 5.97 Å². The smallest absolute Gasteiger partial charge is 0.324 e. The number of benzene rings is 2. The van der Waals surface area contributed by atoms with Crippen molar-refractivity contribution in [1.82, 2.24) is 4.31 Å². The Morgan fingerprint density at radius 2 is 1.90 bits per heavy atom. The summed E-state index contributed by atoms with van der Waals surface area (Å²) < 4.78 is 34.1. The number of carbonyl (C=O) groups is 2. The summed E-state index contributed by atoms with van der Waals surface area (Å²) in [6, 6.07) is 11.7. The van der Waals surface area contributed by atoms with E-state index in [4.69, 9.17) is 4.74 Å². The van der Waals surface area contributed by atoms with E-state index in [0.29, 0.717) is 36.0 Å². The quantitative estimate of drug-likeness (QED) is 0.581. The largest absolute Gasteiger partial charge is 0.460 e. The van der Waals surface area contributed by atoms with E-state index in [1.54, 1.807) is 11.0 Å². The highest BCUT2D eigenvalue weighted by molar-refractivity contribution is 9.10. The highest BCUT2D eigenvalue weighted by Gasteiger charge is 2.42. The van der Waals surface area contributed by atoms with Crippen molar-refractivity contribution in [3.8, 4) is 0 Å². The minimum atomic E-state index is -3.97. The Bertz CT molecular complexity index is 1120. The second-order valence-electron chi connectivity index (χ2n) is 7.70. The number of anilines is 1. The lowest BCUT2D eigenvalue weighted by Crippen LogP contribution is -2.41. The molecule has 31 heavy (non-hydrogen) atoms. The second-order valence-corrected chi connectivity index (χ2v) is 10.4. The molecule has 2 aliphatic rings. The average molecular weight is 507 g/mol.